The molecule has 0 unspecified atom stereocenters. The van der Waals surface area contributed by atoms with Gasteiger partial charge in [0.15, 0.2) is 0 Å². The highest BCUT2D eigenvalue weighted by Crippen LogP contribution is 2.34. The van der Waals surface area contributed by atoms with Crippen molar-refractivity contribution in [2.45, 2.75) is 13.3 Å². The fourth-order valence-corrected chi connectivity index (χ4v) is 3.37. The second-order valence-electron chi connectivity index (χ2n) is 6.88. The molecule has 6 heteroatoms. The van der Waals surface area contributed by atoms with Gasteiger partial charge >= 0.3 is 0 Å². The van der Waals surface area contributed by atoms with Crippen LogP contribution in [0.3, 0.4) is 0 Å². The fourth-order valence-electron chi connectivity index (χ4n) is 3.37. The first-order valence-corrected chi connectivity index (χ1v) is 9.42. The summed E-state index contributed by atoms with van der Waals surface area (Å²) >= 11 is 0. The molecule has 0 spiro atoms. The molecule has 0 atom stereocenters. The van der Waals surface area contributed by atoms with Crippen molar-refractivity contribution < 1.29 is 9.18 Å². The molecule has 3 N–H and O–H groups in total. The van der Waals surface area contributed by atoms with E-state index < -0.39 is 0 Å². The quantitative estimate of drug-likeness (QED) is 0.541. The topological polar surface area (TPSA) is 66.0 Å². The molecule has 0 radical (unpaired) electrons. The van der Waals surface area contributed by atoms with Crippen LogP contribution in [0.2, 0.25) is 0 Å². The summed E-state index contributed by atoms with van der Waals surface area (Å²) in [4.78, 5) is 16.2. The van der Waals surface area contributed by atoms with Gasteiger partial charge in [0.25, 0.3) is 5.91 Å². The van der Waals surface area contributed by atoms with Crippen molar-refractivity contribution in [3.8, 4) is 0 Å². The van der Waals surface area contributed by atoms with Crippen molar-refractivity contribution in [3.05, 3.63) is 89.6 Å². The highest BCUT2D eigenvalue weighted by Gasteiger charge is 2.25. The van der Waals surface area contributed by atoms with Gasteiger partial charge in [-0.05, 0) is 60.9 Å². The number of pyridine rings is 1. The van der Waals surface area contributed by atoms with Gasteiger partial charge < -0.3 is 16.0 Å². The summed E-state index contributed by atoms with van der Waals surface area (Å²) in [5.41, 5.74) is 5.37. The Morgan fingerprint density at radius 1 is 1.14 bits per heavy atom. The molecule has 146 valence electrons. The second-order valence-corrected chi connectivity index (χ2v) is 6.88. The van der Waals surface area contributed by atoms with E-state index in [0.717, 1.165) is 28.8 Å². The van der Waals surface area contributed by atoms with E-state index in [9.17, 15) is 9.18 Å². The number of hydrogen-bond donors (Lipinski definition) is 3. The average molecular weight is 388 g/mol. The lowest BCUT2D eigenvalue weighted by Gasteiger charge is -2.10. The standard InChI is InChI=1S/C23H21FN4O/c1-15-3-2-4-21-22(15)18(23(29)28-21)14-27-17-5-6-20(19(24)13-17)26-12-9-16-7-10-25-11-8-16/h2-8,10-11,13-14,26-27H,9,12H2,1H3,(H,28,29)/b18-14+. The molecular formula is C23H21FN4O. The molecule has 1 aromatic heterocycles. The van der Waals surface area contributed by atoms with Crippen molar-refractivity contribution in [1.29, 1.82) is 0 Å². The van der Waals surface area contributed by atoms with Crippen LogP contribution in [0.25, 0.3) is 5.57 Å². The van der Waals surface area contributed by atoms with Gasteiger partial charge in [0.2, 0.25) is 0 Å². The molecule has 0 bridgehead atoms. The van der Waals surface area contributed by atoms with Crippen LogP contribution >= 0.6 is 0 Å². The Morgan fingerprint density at radius 3 is 2.76 bits per heavy atom. The number of anilines is 3. The zero-order valence-corrected chi connectivity index (χ0v) is 16.0. The minimum Gasteiger partial charge on any atom is -0.382 e. The normalized spacial score (nSPS) is 13.9. The molecule has 0 aliphatic carbocycles. The third-order valence-electron chi connectivity index (χ3n) is 4.87. The molecule has 1 aliphatic heterocycles. The third kappa shape index (κ3) is 4.11. The minimum absolute atomic E-state index is 0.170. The summed E-state index contributed by atoms with van der Waals surface area (Å²) in [6.45, 7) is 2.58. The van der Waals surface area contributed by atoms with E-state index >= 15 is 0 Å². The predicted molar refractivity (Wildman–Crippen MR) is 114 cm³/mol. The maximum absolute atomic E-state index is 14.4. The maximum Gasteiger partial charge on any atom is 0.257 e. The van der Waals surface area contributed by atoms with Crippen molar-refractivity contribution >= 4 is 28.5 Å². The van der Waals surface area contributed by atoms with Gasteiger partial charge in [-0.3, -0.25) is 9.78 Å². The largest absolute Gasteiger partial charge is 0.382 e. The lowest BCUT2D eigenvalue weighted by atomic mass is 10.0. The first-order chi connectivity index (χ1) is 14.1. The zero-order chi connectivity index (χ0) is 20.2. The highest BCUT2D eigenvalue weighted by atomic mass is 19.1. The number of nitrogens with one attached hydrogen (secondary N) is 3. The van der Waals surface area contributed by atoms with E-state index in [0.29, 0.717) is 23.5 Å². The number of aryl methyl sites for hydroxylation is 1. The lowest BCUT2D eigenvalue weighted by molar-refractivity contribution is -0.110. The molecule has 4 rings (SSSR count). The lowest BCUT2D eigenvalue weighted by Crippen LogP contribution is -2.07. The zero-order valence-electron chi connectivity index (χ0n) is 16.0. The highest BCUT2D eigenvalue weighted by molar-refractivity contribution is 6.32. The Balaban J connectivity index is 1.43. The first-order valence-electron chi connectivity index (χ1n) is 9.42. The van der Waals surface area contributed by atoms with Crippen LogP contribution < -0.4 is 16.0 Å². The number of carbonyl (C=O) groups excluding carboxylic acids is 1. The molecule has 3 aromatic rings. The minimum atomic E-state index is -0.351. The SMILES string of the molecule is Cc1cccc2c1/C(=C\Nc1ccc(NCCc3ccncc3)c(F)c1)C(=O)N2. The summed E-state index contributed by atoms with van der Waals surface area (Å²) < 4.78 is 14.4. The van der Waals surface area contributed by atoms with Crippen LogP contribution in [0.1, 0.15) is 16.7 Å². The summed E-state index contributed by atoms with van der Waals surface area (Å²) in [5.74, 6) is -0.521. The number of fused-ring (bicyclic) bond motifs is 1. The van der Waals surface area contributed by atoms with Gasteiger partial charge in [-0.15, -0.1) is 0 Å². The average Bonchev–Trinajstić information content (AvgIpc) is 3.05. The smallest absolute Gasteiger partial charge is 0.257 e. The van der Waals surface area contributed by atoms with Gasteiger partial charge in [0.05, 0.1) is 11.3 Å². The van der Waals surface area contributed by atoms with E-state index in [1.54, 1.807) is 30.7 Å². The van der Waals surface area contributed by atoms with Crippen LogP contribution in [-0.2, 0) is 11.2 Å². The molecule has 2 aromatic carbocycles. The van der Waals surface area contributed by atoms with Gasteiger partial charge in [-0.2, -0.15) is 0 Å². The van der Waals surface area contributed by atoms with Crippen molar-refractivity contribution in [2.75, 3.05) is 22.5 Å². The monoisotopic (exact) mass is 388 g/mol. The molecule has 1 aliphatic rings. The Labute approximate surface area is 168 Å². The molecule has 0 fully saturated rings. The number of halogens is 1. The number of carbonyl (C=O) groups is 1. The van der Waals surface area contributed by atoms with E-state index in [4.69, 9.17) is 0 Å². The molecule has 0 saturated heterocycles. The number of amides is 1. The molecule has 29 heavy (non-hydrogen) atoms. The molecule has 0 saturated carbocycles. The van der Waals surface area contributed by atoms with Crippen molar-refractivity contribution in [3.63, 3.8) is 0 Å². The predicted octanol–water partition coefficient (Wildman–Crippen LogP) is 4.59. The number of rotatable bonds is 6. The van der Waals surface area contributed by atoms with Gasteiger partial charge in [-0.25, -0.2) is 4.39 Å². The number of benzene rings is 2. The molecule has 5 nitrogen and oxygen atoms in total. The Hall–Kier alpha value is -3.67. The van der Waals surface area contributed by atoms with Crippen molar-refractivity contribution in [1.82, 2.24) is 4.98 Å². The van der Waals surface area contributed by atoms with Crippen LogP contribution in [0.4, 0.5) is 21.5 Å². The Bertz CT molecular complexity index is 1080. The van der Waals surface area contributed by atoms with Gasteiger partial charge in [-0.1, -0.05) is 12.1 Å². The number of hydrogen-bond acceptors (Lipinski definition) is 4. The van der Waals surface area contributed by atoms with E-state index in [1.807, 2.05) is 37.3 Å². The van der Waals surface area contributed by atoms with Crippen LogP contribution in [0.15, 0.2) is 67.1 Å². The summed E-state index contributed by atoms with van der Waals surface area (Å²) in [6.07, 6.45) is 5.90. The number of aromatic nitrogens is 1. The summed E-state index contributed by atoms with van der Waals surface area (Å²) in [5, 5.41) is 8.99. The molecular weight excluding hydrogens is 367 g/mol. The summed E-state index contributed by atoms with van der Waals surface area (Å²) in [7, 11) is 0. The van der Waals surface area contributed by atoms with Crippen molar-refractivity contribution in [2.24, 2.45) is 0 Å². The third-order valence-corrected chi connectivity index (χ3v) is 4.87. The Morgan fingerprint density at radius 2 is 1.97 bits per heavy atom. The van der Waals surface area contributed by atoms with E-state index in [-0.39, 0.29) is 11.7 Å². The summed E-state index contributed by atoms with van der Waals surface area (Å²) in [6, 6.07) is 14.5. The van der Waals surface area contributed by atoms with Crippen LogP contribution in [-0.4, -0.2) is 17.4 Å². The first kappa shape index (κ1) is 18.7. The fraction of sp³-hybridized carbons (Fsp3) is 0.130. The van der Waals surface area contributed by atoms with Gasteiger partial charge in [0, 0.05) is 42.1 Å². The second kappa shape index (κ2) is 8.14. The number of nitrogens with zero attached hydrogens (tertiary/aromatic N) is 1. The molecule has 1 amide bonds. The Kier molecular flexibility index (Phi) is 5.24. The molecule has 2 heterocycles. The maximum atomic E-state index is 14.4. The van der Waals surface area contributed by atoms with E-state index in [2.05, 4.69) is 20.9 Å². The van der Waals surface area contributed by atoms with E-state index in [1.165, 1.54) is 6.07 Å². The van der Waals surface area contributed by atoms with Gasteiger partial charge in [0.1, 0.15) is 5.82 Å². The van der Waals surface area contributed by atoms with Crippen LogP contribution in [0, 0.1) is 12.7 Å². The van der Waals surface area contributed by atoms with Crippen LogP contribution in [0.5, 0.6) is 0 Å².